The molecule has 0 unspecified atom stereocenters. The molecule has 100 valence electrons. The molecule has 0 bridgehead atoms. The van der Waals surface area contributed by atoms with Crippen LogP contribution < -0.4 is 4.90 Å². The number of halogens is 2. The first-order valence-electron chi connectivity index (χ1n) is 6.13. The minimum absolute atomic E-state index is 0.162. The van der Waals surface area contributed by atoms with Crippen LogP contribution in [0.5, 0.6) is 0 Å². The molecule has 3 rings (SSSR count). The Balaban J connectivity index is 2.20. The third-order valence-corrected chi connectivity index (χ3v) is 3.71. The molecule has 0 radical (unpaired) electrons. The van der Waals surface area contributed by atoms with Crippen molar-refractivity contribution in [2.24, 2.45) is 0 Å². The molecule has 2 nitrogen and oxygen atoms in total. The van der Waals surface area contributed by atoms with Crippen molar-refractivity contribution in [2.75, 3.05) is 11.9 Å². The number of carbonyl (C=O) groups is 1. The van der Waals surface area contributed by atoms with E-state index in [0.717, 1.165) is 11.3 Å². The lowest BCUT2D eigenvalue weighted by Gasteiger charge is -2.08. The molecule has 0 saturated heterocycles. The first-order chi connectivity index (χ1) is 9.59. The van der Waals surface area contributed by atoms with E-state index in [4.69, 9.17) is 11.6 Å². The van der Waals surface area contributed by atoms with E-state index in [1.165, 1.54) is 18.2 Å². The van der Waals surface area contributed by atoms with Crippen LogP contribution in [-0.2, 0) is 4.79 Å². The van der Waals surface area contributed by atoms with E-state index in [-0.39, 0.29) is 16.5 Å². The van der Waals surface area contributed by atoms with E-state index in [1.54, 1.807) is 18.0 Å². The number of hydrogen-bond donors (Lipinski definition) is 0. The van der Waals surface area contributed by atoms with Crippen molar-refractivity contribution in [3.8, 4) is 0 Å². The van der Waals surface area contributed by atoms with Gasteiger partial charge in [-0.1, -0.05) is 35.9 Å². The van der Waals surface area contributed by atoms with Gasteiger partial charge in [-0.2, -0.15) is 0 Å². The molecule has 0 saturated carbocycles. The highest BCUT2D eigenvalue weighted by Gasteiger charge is 2.29. The van der Waals surface area contributed by atoms with Crippen molar-refractivity contribution in [1.29, 1.82) is 0 Å². The standard InChI is InChI=1S/C16H11ClFNO/c1-19-15-8-3-2-5-10(15)11(16(19)20)9-12-13(17)6-4-7-14(12)18/h2-9H,1H3/b11-9-. The zero-order chi connectivity index (χ0) is 14.3. The maximum atomic E-state index is 13.9. The molecule has 0 atom stereocenters. The van der Waals surface area contributed by atoms with Crippen LogP contribution in [0.15, 0.2) is 42.5 Å². The van der Waals surface area contributed by atoms with Gasteiger partial charge in [0.2, 0.25) is 0 Å². The lowest BCUT2D eigenvalue weighted by Crippen LogP contribution is -2.20. The van der Waals surface area contributed by atoms with E-state index < -0.39 is 5.82 Å². The van der Waals surface area contributed by atoms with Gasteiger partial charge < -0.3 is 4.90 Å². The number of carbonyl (C=O) groups excluding carboxylic acids is 1. The number of hydrogen-bond acceptors (Lipinski definition) is 1. The van der Waals surface area contributed by atoms with Crippen LogP contribution in [0, 0.1) is 5.82 Å². The second kappa shape index (κ2) is 4.76. The maximum absolute atomic E-state index is 13.9. The van der Waals surface area contributed by atoms with Crippen LogP contribution in [0.2, 0.25) is 5.02 Å². The van der Waals surface area contributed by atoms with E-state index in [1.807, 2.05) is 24.3 Å². The molecule has 1 amide bonds. The number of rotatable bonds is 1. The fourth-order valence-electron chi connectivity index (χ4n) is 2.33. The molecular weight excluding hydrogens is 277 g/mol. The molecule has 0 fully saturated rings. The summed E-state index contributed by atoms with van der Waals surface area (Å²) in [6.07, 6.45) is 1.52. The number of benzene rings is 2. The third kappa shape index (κ3) is 1.91. The van der Waals surface area contributed by atoms with Crippen molar-refractivity contribution in [3.05, 3.63) is 64.4 Å². The Hall–Kier alpha value is -2.13. The molecule has 4 heteroatoms. The molecule has 1 aliphatic rings. The second-order valence-corrected chi connectivity index (χ2v) is 4.98. The molecule has 1 aliphatic heterocycles. The number of likely N-dealkylation sites (N-methyl/N-ethyl adjacent to an activating group) is 1. The van der Waals surface area contributed by atoms with Gasteiger partial charge in [-0.3, -0.25) is 4.79 Å². The summed E-state index contributed by atoms with van der Waals surface area (Å²) in [7, 11) is 1.70. The maximum Gasteiger partial charge on any atom is 0.258 e. The van der Waals surface area contributed by atoms with Gasteiger partial charge >= 0.3 is 0 Å². The quantitative estimate of drug-likeness (QED) is 0.726. The van der Waals surface area contributed by atoms with E-state index >= 15 is 0 Å². The average Bonchev–Trinajstić information content (AvgIpc) is 2.68. The summed E-state index contributed by atoms with van der Waals surface area (Å²) in [6.45, 7) is 0. The summed E-state index contributed by atoms with van der Waals surface area (Å²) < 4.78 is 13.9. The van der Waals surface area contributed by atoms with Crippen molar-refractivity contribution in [2.45, 2.75) is 0 Å². The fraction of sp³-hybridized carbons (Fsp3) is 0.0625. The summed E-state index contributed by atoms with van der Waals surface area (Å²) in [6, 6.07) is 11.9. The molecule has 0 aliphatic carbocycles. The van der Waals surface area contributed by atoms with E-state index in [9.17, 15) is 9.18 Å². The lowest BCUT2D eigenvalue weighted by atomic mass is 10.0. The second-order valence-electron chi connectivity index (χ2n) is 4.57. The Labute approximate surface area is 121 Å². The molecule has 0 N–H and O–H groups in total. The predicted octanol–water partition coefficient (Wildman–Crippen LogP) is 4.00. The third-order valence-electron chi connectivity index (χ3n) is 3.38. The first-order valence-corrected chi connectivity index (χ1v) is 6.50. The molecule has 0 spiro atoms. The molecule has 1 heterocycles. The lowest BCUT2D eigenvalue weighted by molar-refractivity contribution is -0.112. The molecular formula is C16H11ClFNO. The SMILES string of the molecule is CN1C(=O)/C(=C\c2c(F)cccc2Cl)c2ccccc21. The molecule has 20 heavy (non-hydrogen) atoms. The highest BCUT2D eigenvalue weighted by atomic mass is 35.5. The van der Waals surface area contributed by atoms with Gasteiger partial charge in [0.15, 0.2) is 0 Å². The Morgan fingerprint density at radius 1 is 1.15 bits per heavy atom. The smallest absolute Gasteiger partial charge is 0.258 e. The van der Waals surface area contributed by atoms with Gasteiger partial charge in [0.25, 0.3) is 5.91 Å². The Morgan fingerprint density at radius 2 is 1.90 bits per heavy atom. The number of fused-ring (bicyclic) bond motifs is 1. The van der Waals surface area contributed by atoms with Gasteiger partial charge in [0, 0.05) is 23.7 Å². The van der Waals surface area contributed by atoms with Crippen molar-refractivity contribution >= 4 is 34.8 Å². The zero-order valence-corrected chi connectivity index (χ0v) is 11.5. The normalized spacial score (nSPS) is 15.8. The Kier molecular flexibility index (Phi) is 3.07. The average molecular weight is 288 g/mol. The van der Waals surface area contributed by atoms with Gasteiger partial charge in [0.05, 0.1) is 10.7 Å². The predicted molar refractivity (Wildman–Crippen MR) is 79.1 cm³/mol. The van der Waals surface area contributed by atoms with Crippen molar-refractivity contribution in [1.82, 2.24) is 0 Å². The Bertz CT molecular complexity index is 719. The monoisotopic (exact) mass is 287 g/mol. The van der Waals surface area contributed by atoms with Gasteiger partial charge in [0.1, 0.15) is 5.82 Å². The summed E-state index contributed by atoms with van der Waals surface area (Å²) in [5, 5.41) is 0.289. The fourth-order valence-corrected chi connectivity index (χ4v) is 2.55. The first kappa shape index (κ1) is 12.9. The molecule has 2 aromatic carbocycles. The summed E-state index contributed by atoms with van der Waals surface area (Å²) in [4.78, 5) is 13.8. The number of para-hydroxylation sites is 1. The zero-order valence-electron chi connectivity index (χ0n) is 10.7. The van der Waals surface area contributed by atoms with Crippen LogP contribution >= 0.6 is 11.6 Å². The Morgan fingerprint density at radius 3 is 2.65 bits per heavy atom. The number of nitrogens with zero attached hydrogens (tertiary/aromatic N) is 1. The van der Waals surface area contributed by atoms with Crippen LogP contribution in [0.25, 0.3) is 11.6 Å². The van der Waals surface area contributed by atoms with Crippen molar-refractivity contribution in [3.63, 3.8) is 0 Å². The topological polar surface area (TPSA) is 20.3 Å². The van der Waals surface area contributed by atoms with Crippen LogP contribution in [0.1, 0.15) is 11.1 Å². The highest BCUT2D eigenvalue weighted by Crippen LogP contribution is 2.37. The summed E-state index contributed by atoms with van der Waals surface area (Å²) in [5.41, 5.74) is 2.30. The molecule has 2 aromatic rings. The minimum Gasteiger partial charge on any atom is -0.311 e. The minimum atomic E-state index is -0.440. The van der Waals surface area contributed by atoms with Crippen molar-refractivity contribution < 1.29 is 9.18 Å². The van der Waals surface area contributed by atoms with E-state index in [0.29, 0.717) is 5.57 Å². The van der Waals surface area contributed by atoms with Gasteiger partial charge in [-0.25, -0.2) is 4.39 Å². The van der Waals surface area contributed by atoms with Crippen LogP contribution in [-0.4, -0.2) is 13.0 Å². The van der Waals surface area contributed by atoms with Gasteiger partial charge in [-0.15, -0.1) is 0 Å². The number of amides is 1. The van der Waals surface area contributed by atoms with Crippen LogP contribution in [0.3, 0.4) is 0 Å². The van der Waals surface area contributed by atoms with Crippen LogP contribution in [0.4, 0.5) is 10.1 Å². The highest BCUT2D eigenvalue weighted by molar-refractivity contribution is 6.37. The number of anilines is 1. The largest absolute Gasteiger partial charge is 0.311 e. The van der Waals surface area contributed by atoms with E-state index in [2.05, 4.69) is 0 Å². The molecule has 0 aromatic heterocycles. The van der Waals surface area contributed by atoms with Gasteiger partial charge in [-0.05, 0) is 24.3 Å². The summed E-state index contributed by atoms with van der Waals surface area (Å²) >= 11 is 6.01. The summed E-state index contributed by atoms with van der Waals surface area (Å²) in [5.74, 6) is -0.602.